The summed E-state index contributed by atoms with van der Waals surface area (Å²) >= 11 is 0. The van der Waals surface area contributed by atoms with Gasteiger partial charge in [0.25, 0.3) is 0 Å². The lowest BCUT2D eigenvalue weighted by molar-refractivity contribution is -0.144. The molecule has 1 saturated carbocycles. The maximum atomic E-state index is 11.7. The van der Waals surface area contributed by atoms with Crippen LogP contribution in [0.3, 0.4) is 0 Å². The minimum atomic E-state index is -0.104. The van der Waals surface area contributed by atoms with Crippen LogP contribution in [0.15, 0.2) is 42.5 Å². The largest absolute Gasteiger partial charge is 0.465 e. The molecule has 1 fully saturated rings. The van der Waals surface area contributed by atoms with E-state index in [0.29, 0.717) is 24.9 Å². The molecule has 2 aliphatic carbocycles. The summed E-state index contributed by atoms with van der Waals surface area (Å²) in [6.45, 7) is 0.594. The van der Waals surface area contributed by atoms with E-state index in [0.717, 1.165) is 11.5 Å². The van der Waals surface area contributed by atoms with Crippen molar-refractivity contribution in [1.29, 1.82) is 0 Å². The molecule has 0 aromatic heterocycles. The van der Waals surface area contributed by atoms with Gasteiger partial charge in [0.1, 0.15) is 0 Å². The Labute approximate surface area is 108 Å². The molecule has 2 bridgehead atoms. The zero-order chi connectivity index (χ0) is 12.4. The third-order valence-corrected chi connectivity index (χ3v) is 4.07. The van der Waals surface area contributed by atoms with Gasteiger partial charge in [0.05, 0.1) is 13.0 Å². The summed E-state index contributed by atoms with van der Waals surface area (Å²) in [4.78, 5) is 11.7. The Morgan fingerprint density at radius 2 is 2.00 bits per heavy atom. The lowest BCUT2D eigenvalue weighted by Gasteiger charge is -2.17. The van der Waals surface area contributed by atoms with Crippen LogP contribution < -0.4 is 0 Å². The van der Waals surface area contributed by atoms with E-state index in [1.165, 1.54) is 12.8 Å². The van der Waals surface area contributed by atoms with Gasteiger partial charge in [-0.1, -0.05) is 42.5 Å². The first-order valence-electron chi connectivity index (χ1n) is 6.69. The molecule has 3 rings (SSSR count). The first-order chi connectivity index (χ1) is 8.81. The molecule has 94 valence electrons. The van der Waals surface area contributed by atoms with Crippen molar-refractivity contribution in [2.24, 2.45) is 17.8 Å². The summed E-state index contributed by atoms with van der Waals surface area (Å²) in [6, 6.07) is 9.77. The van der Waals surface area contributed by atoms with Crippen molar-refractivity contribution < 1.29 is 9.53 Å². The number of ether oxygens (including phenoxy) is 1. The van der Waals surface area contributed by atoms with Crippen LogP contribution in [0, 0.1) is 17.8 Å². The number of rotatable bonds is 4. The third kappa shape index (κ3) is 2.47. The fourth-order valence-corrected chi connectivity index (χ4v) is 3.10. The number of esters is 1. The van der Waals surface area contributed by atoms with E-state index < -0.39 is 0 Å². The highest BCUT2D eigenvalue weighted by atomic mass is 16.5. The van der Waals surface area contributed by atoms with Gasteiger partial charge >= 0.3 is 5.97 Å². The fraction of sp³-hybridized carbons (Fsp3) is 0.438. The van der Waals surface area contributed by atoms with Gasteiger partial charge in [-0.15, -0.1) is 0 Å². The maximum absolute atomic E-state index is 11.7. The molecule has 2 heteroatoms. The summed E-state index contributed by atoms with van der Waals surface area (Å²) in [7, 11) is 0. The molecule has 0 unspecified atom stereocenters. The molecule has 1 aromatic carbocycles. The highest BCUT2D eigenvalue weighted by Crippen LogP contribution is 2.43. The summed E-state index contributed by atoms with van der Waals surface area (Å²) in [5.74, 6) is 1.85. The van der Waals surface area contributed by atoms with Gasteiger partial charge in [-0.05, 0) is 36.2 Å². The van der Waals surface area contributed by atoms with Crippen molar-refractivity contribution in [3.05, 3.63) is 48.0 Å². The standard InChI is InChI=1S/C16H18O2/c17-16(10-12-4-2-1-3-5-12)18-11-15-9-13-6-7-14(15)8-13/h1-7,13-15H,8-11H2/t13-,14-,15+/m0/s1. The highest BCUT2D eigenvalue weighted by molar-refractivity contribution is 5.72. The van der Waals surface area contributed by atoms with Crippen LogP contribution in [0.1, 0.15) is 18.4 Å². The maximum Gasteiger partial charge on any atom is 0.310 e. The number of hydrogen-bond donors (Lipinski definition) is 0. The van der Waals surface area contributed by atoms with Gasteiger partial charge in [-0.25, -0.2) is 0 Å². The second-order valence-corrected chi connectivity index (χ2v) is 5.39. The molecule has 2 nitrogen and oxygen atoms in total. The normalized spacial score (nSPS) is 28.6. The Morgan fingerprint density at radius 1 is 1.17 bits per heavy atom. The van der Waals surface area contributed by atoms with Crippen molar-refractivity contribution in [1.82, 2.24) is 0 Å². The van der Waals surface area contributed by atoms with Crippen molar-refractivity contribution in [3.8, 4) is 0 Å². The van der Waals surface area contributed by atoms with Crippen LogP contribution in [0.5, 0.6) is 0 Å². The molecule has 0 N–H and O–H groups in total. The molecule has 0 heterocycles. The molecular formula is C16H18O2. The molecule has 0 radical (unpaired) electrons. The molecule has 0 saturated heterocycles. The average molecular weight is 242 g/mol. The SMILES string of the molecule is O=C(Cc1ccccc1)OC[C@H]1C[C@H]2C=C[C@H]1C2. The van der Waals surface area contributed by atoms with E-state index in [9.17, 15) is 4.79 Å². The Hall–Kier alpha value is -1.57. The molecule has 0 amide bonds. The number of carbonyl (C=O) groups excluding carboxylic acids is 1. The lowest BCUT2D eigenvalue weighted by atomic mass is 9.95. The molecule has 2 aliphatic rings. The van der Waals surface area contributed by atoms with Gasteiger partial charge < -0.3 is 4.74 Å². The molecule has 3 atom stereocenters. The predicted octanol–water partition coefficient (Wildman–Crippen LogP) is 2.98. The van der Waals surface area contributed by atoms with Crippen LogP contribution >= 0.6 is 0 Å². The zero-order valence-corrected chi connectivity index (χ0v) is 10.4. The van der Waals surface area contributed by atoms with E-state index >= 15 is 0 Å². The number of hydrogen-bond acceptors (Lipinski definition) is 2. The first kappa shape index (κ1) is 11.5. The Bertz CT molecular complexity index is 449. The van der Waals surface area contributed by atoms with Gasteiger partial charge in [-0.3, -0.25) is 4.79 Å². The minimum Gasteiger partial charge on any atom is -0.465 e. The van der Waals surface area contributed by atoms with E-state index in [-0.39, 0.29) is 5.97 Å². The van der Waals surface area contributed by atoms with Crippen molar-refractivity contribution in [2.75, 3.05) is 6.61 Å². The number of allylic oxidation sites excluding steroid dienone is 2. The van der Waals surface area contributed by atoms with Gasteiger partial charge in [0.15, 0.2) is 0 Å². The second kappa shape index (κ2) is 4.97. The molecule has 0 spiro atoms. The number of carbonyl (C=O) groups is 1. The Kier molecular flexibility index (Phi) is 3.18. The van der Waals surface area contributed by atoms with Crippen molar-refractivity contribution in [3.63, 3.8) is 0 Å². The van der Waals surface area contributed by atoms with E-state index in [1.54, 1.807) is 0 Å². The van der Waals surface area contributed by atoms with E-state index in [4.69, 9.17) is 4.74 Å². The van der Waals surface area contributed by atoms with E-state index in [2.05, 4.69) is 12.2 Å². The van der Waals surface area contributed by atoms with Gasteiger partial charge in [0.2, 0.25) is 0 Å². The average Bonchev–Trinajstić information content (AvgIpc) is 3.00. The van der Waals surface area contributed by atoms with Gasteiger partial charge in [-0.2, -0.15) is 0 Å². The van der Waals surface area contributed by atoms with E-state index in [1.807, 2.05) is 30.3 Å². The molecular weight excluding hydrogens is 224 g/mol. The summed E-state index contributed by atoms with van der Waals surface area (Å²) in [5.41, 5.74) is 1.02. The molecule has 18 heavy (non-hydrogen) atoms. The Balaban J connectivity index is 1.46. The summed E-state index contributed by atoms with van der Waals surface area (Å²) in [6.07, 6.45) is 7.45. The lowest BCUT2D eigenvalue weighted by Crippen LogP contribution is -2.18. The quantitative estimate of drug-likeness (QED) is 0.599. The molecule has 1 aromatic rings. The summed E-state index contributed by atoms with van der Waals surface area (Å²) in [5, 5.41) is 0. The highest BCUT2D eigenvalue weighted by Gasteiger charge is 2.36. The Morgan fingerprint density at radius 3 is 2.67 bits per heavy atom. The van der Waals surface area contributed by atoms with Crippen LogP contribution in [-0.4, -0.2) is 12.6 Å². The predicted molar refractivity (Wildman–Crippen MR) is 69.9 cm³/mol. The van der Waals surface area contributed by atoms with Crippen LogP contribution in [0.4, 0.5) is 0 Å². The summed E-state index contributed by atoms with van der Waals surface area (Å²) < 4.78 is 5.41. The number of fused-ring (bicyclic) bond motifs is 2. The zero-order valence-electron chi connectivity index (χ0n) is 10.4. The van der Waals surface area contributed by atoms with Crippen LogP contribution in [0.2, 0.25) is 0 Å². The monoisotopic (exact) mass is 242 g/mol. The second-order valence-electron chi connectivity index (χ2n) is 5.39. The van der Waals surface area contributed by atoms with Crippen molar-refractivity contribution in [2.45, 2.75) is 19.3 Å². The smallest absolute Gasteiger partial charge is 0.310 e. The third-order valence-electron chi connectivity index (χ3n) is 4.07. The topological polar surface area (TPSA) is 26.3 Å². The first-order valence-corrected chi connectivity index (χ1v) is 6.69. The van der Waals surface area contributed by atoms with Crippen LogP contribution in [0.25, 0.3) is 0 Å². The minimum absolute atomic E-state index is 0.104. The van der Waals surface area contributed by atoms with Crippen LogP contribution in [-0.2, 0) is 16.0 Å². The van der Waals surface area contributed by atoms with Crippen molar-refractivity contribution >= 4 is 5.97 Å². The fourth-order valence-electron chi connectivity index (χ4n) is 3.10. The number of benzene rings is 1. The van der Waals surface area contributed by atoms with Gasteiger partial charge in [0, 0.05) is 0 Å². The molecule has 0 aliphatic heterocycles.